The number of rotatable bonds is 3. The van der Waals surface area contributed by atoms with Gasteiger partial charge in [0.05, 0.1) is 6.10 Å². The van der Waals surface area contributed by atoms with Crippen molar-refractivity contribution in [2.75, 3.05) is 18.5 Å². The van der Waals surface area contributed by atoms with Crippen molar-refractivity contribution in [3.8, 4) is 0 Å². The van der Waals surface area contributed by atoms with Gasteiger partial charge in [0, 0.05) is 13.6 Å². The maximum Gasteiger partial charge on any atom is 0.131 e. The van der Waals surface area contributed by atoms with E-state index in [1.807, 2.05) is 19.2 Å². The molecule has 0 bridgehead atoms. The van der Waals surface area contributed by atoms with Gasteiger partial charge in [0.15, 0.2) is 0 Å². The van der Waals surface area contributed by atoms with Gasteiger partial charge in [0.25, 0.3) is 0 Å². The second kappa shape index (κ2) is 4.37. The third-order valence-corrected chi connectivity index (χ3v) is 3.04. The Balaban J connectivity index is 1.93. The Morgan fingerprint density at radius 3 is 2.87 bits per heavy atom. The summed E-state index contributed by atoms with van der Waals surface area (Å²) in [5.74, 6) is 1.48. The number of anilines is 1. The fourth-order valence-electron chi connectivity index (χ4n) is 1.94. The average Bonchev–Trinajstić information content (AvgIpc) is 2.15. The molecule has 82 valence electrons. The van der Waals surface area contributed by atoms with Gasteiger partial charge in [-0.05, 0) is 30.9 Å². The normalized spacial score (nSPS) is 24.7. The second-order valence-electron chi connectivity index (χ2n) is 4.19. The van der Waals surface area contributed by atoms with Crippen LogP contribution in [0, 0.1) is 5.92 Å². The van der Waals surface area contributed by atoms with Gasteiger partial charge >= 0.3 is 0 Å². The standard InChI is InChI=1S/C11H15ClN2O/c1-14(7-8-5-9(15)6-8)11-4-2-3-10(12)13-11/h2-4,8-9,15H,5-7H2,1H3. The summed E-state index contributed by atoms with van der Waals surface area (Å²) in [7, 11) is 2.00. The van der Waals surface area contributed by atoms with Crippen molar-refractivity contribution >= 4 is 17.4 Å². The third kappa shape index (κ3) is 2.61. The van der Waals surface area contributed by atoms with E-state index in [-0.39, 0.29) is 6.10 Å². The molecule has 0 amide bonds. The van der Waals surface area contributed by atoms with Crippen molar-refractivity contribution in [1.82, 2.24) is 4.98 Å². The van der Waals surface area contributed by atoms with E-state index in [1.165, 1.54) is 0 Å². The zero-order chi connectivity index (χ0) is 10.8. The Kier molecular flexibility index (Phi) is 3.12. The van der Waals surface area contributed by atoms with E-state index in [4.69, 9.17) is 11.6 Å². The Labute approximate surface area is 94.7 Å². The first-order chi connectivity index (χ1) is 7.15. The summed E-state index contributed by atoms with van der Waals surface area (Å²) in [6, 6.07) is 5.61. The minimum atomic E-state index is -0.0873. The molecule has 1 aromatic heterocycles. The van der Waals surface area contributed by atoms with E-state index in [0.717, 1.165) is 25.2 Å². The molecule has 1 aliphatic rings. The topological polar surface area (TPSA) is 36.4 Å². The van der Waals surface area contributed by atoms with Gasteiger partial charge in [-0.3, -0.25) is 0 Å². The second-order valence-corrected chi connectivity index (χ2v) is 4.58. The van der Waals surface area contributed by atoms with Crippen molar-refractivity contribution in [2.45, 2.75) is 18.9 Å². The zero-order valence-electron chi connectivity index (χ0n) is 8.73. The van der Waals surface area contributed by atoms with Gasteiger partial charge < -0.3 is 10.0 Å². The van der Waals surface area contributed by atoms with Crippen molar-refractivity contribution in [3.05, 3.63) is 23.4 Å². The predicted octanol–water partition coefficient (Wildman–Crippen LogP) is 1.94. The minimum Gasteiger partial charge on any atom is -0.393 e. The van der Waals surface area contributed by atoms with Crippen LogP contribution in [0.5, 0.6) is 0 Å². The molecule has 1 fully saturated rings. The molecule has 1 heterocycles. The van der Waals surface area contributed by atoms with Gasteiger partial charge in [0.1, 0.15) is 11.0 Å². The molecule has 3 nitrogen and oxygen atoms in total. The lowest BCUT2D eigenvalue weighted by Crippen LogP contribution is -2.37. The van der Waals surface area contributed by atoms with Crippen LogP contribution in [0.25, 0.3) is 0 Å². The van der Waals surface area contributed by atoms with E-state index in [2.05, 4.69) is 9.88 Å². The Bertz CT molecular complexity index is 339. The molecule has 0 aromatic carbocycles. The Morgan fingerprint density at radius 2 is 2.27 bits per heavy atom. The highest BCUT2D eigenvalue weighted by Gasteiger charge is 2.28. The monoisotopic (exact) mass is 226 g/mol. The van der Waals surface area contributed by atoms with Crippen LogP contribution in [0.4, 0.5) is 5.82 Å². The molecule has 0 saturated heterocycles. The number of aromatic nitrogens is 1. The molecule has 0 spiro atoms. The highest BCUT2D eigenvalue weighted by atomic mass is 35.5. The fraction of sp³-hybridized carbons (Fsp3) is 0.545. The summed E-state index contributed by atoms with van der Waals surface area (Å²) in [6.07, 6.45) is 1.73. The van der Waals surface area contributed by atoms with Crippen LogP contribution in [0.1, 0.15) is 12.8 Å². The van der Waals surface area contributed by atoms with Crippen molar-refractivity contribution in [3.63, 3.8) is 0 Å². The Hall–Kier alpha value is -0.800. The number of pyridine rings is 1. The van der Waals surface area contributed by atoms with Crippen LogP contribution in [-0.2, 0) is 0 Å². The molecule has 1 aromatic rings. The number of hydrogen-bond acceptors (Lipinski definition) is 3. The number of aliphatic hydroxyl groups is 1. The number of aliphatic hydroxyl groups excluding tert-OH is 1. The lowest BCUT2D eigenvalue weighted by molar-refractivity contribution is 0.0464. The summed E-state index contributed by atoms with van der Waals surface area (Å²) in [6.45, 7) is 0.935. The largest absolute Gasteiger partial charge is 0.393 e. The summed E-state index contributed by atoms with van der Waals surface area (Å²) >= 11 is 5.82. The van der Waals surface area contributed by atoms with E-state index < -0.39 is 0 Å². The molecule has 0 radical (unpaired) electrons. The molecule has 1 saturated carbocycles. The lowest BCUT2D eigenvalue weighted by atomic mass is 9.82. The molecular weight excluding hydrogens is 212 g/mol. The van der Waals surface area contributed by atoms with E-state index in [0.29, 0.717) is 11.1 Å². The van der Waals surface area contributed by atoms with Gasteiger partial charge in [-0.1, -0.05) is 17.7 Å². The predicted molar refractivity (Wildman–Crippen MR) is 61.2 cm³/mol. The van der Waals surface area contributed by atoms with Gasteiger partial charge in [0.2, 0.25) is 0 Å². The molecule has 0 aliphatic heterocycles. The number of nitrogens with zero attached hydrogens (tertiary/aromatic N) is 2. The van der Waals surface area contributed by atoms with E-state index >= 15 is 0 Å². The highest BCUT2D eigenvalue weighted by Crippen LogP contribution is 2.28. The van der Waals surface area contributed by atoms with E-state index in [9.17, 15) is 5.11 Å². The Morgan fingerprint density at radius 1 is 1.53 bits per heavy atom. The first-order valence-corrected chi connectivity index (χ1v) is 5.54. The third-order valence-electron chi connectivity index (χ3n) is 2.83. The molecule has 4 heteroatoms. The van der Waals surface area contributed by atoms with Crippen LogP contribution >= 0.6 is 11.6 Å². The van der Waals surface area contributed by atoms with Crippen molar-refractivity contribution < 1.29 is 5.11 Å². The van der Waals surface area contributed by atoms with Crippen molar-refractivity contribution in [1.29, 1.82) is 0 Å². The molecule has 2 rings (SSSR count). The van der Waals surface area contributed by atoms with Gasteiger partial charge in [-0.15, -0.1) is 0 Å². The summed E-state index contributed by atoms with van der Waals surface area (Å²) in [5, 5.41) is 9.71. The first-order valence-electron chi connectivity index (χ1n) is 5.17. The molecule has 0 atom stereocenters. The zero-order valence-corrected chi connectivity index (χ0v) is 9.48. The SMILES string of the molecule is CN(CC1CC(O)C1)c1cccc(Cl)n1. The molecular formula is C11H15ClN2O. The van der Waals surface area contributed by atoms with Gasteiger partial charge in [-0.25, -0.2) is 4.98 Å². The van der Waals surface area contributed by atoms with Crippen LogP contribution in [-0.4, -0.2) is 29.8 Å². The quantitative estimate of drug-likeness (QED) is 0.801. The molecule has 1 N–H and O–H groups in total. The fourth-order valence-corrected chi connectivity index (χ4v) is 2.10. The smallest absolute Gasteiger partial charge is 0.131 e. The minimum absolute atomic E-state index is 0.0873. The number of halogens is 1. The van der Waals surface area contributed by atoms with Crippen LogP contribution < -0.4 is 4.90 Å². The summed E-state index contributed by atoms with van der Waals surface area (Å²) in [4.78, 5) is 6.32. The summed E-state index contributed by atoms with van der Waals surface area (Å²) < 4.78 is 0. The maximum absolute atomic E-state index is 9.19. The molecule has 1 aliphatic carbocycles. The van der Waals surface area contributed by atoms with Crippen LogP contribution in [0.3, 0.4) is 0 Å². The average molecular weight is 227 g/mol. The number of hydrogen-bond donors (Lipinski definition) is 1. The maximum atomic E-state index is 9.19. The van der Waals surface area contributed by atoms with Crippen molar-refractivity contribution in [2.24, 2.45) is 5.92 Å². The molecule has 15 heavy (non-hydrogen) atoms. The van der Waals surface area contributed by atoms with Gasteiger partial charge in [-0.2, -0.15) is 0 Å². The highest BCUT2D eigenvalue weighted by molar-refractivity contribution is 6.29. The van der Waals surface area contributed by atoms with Crippen LogP contribution in [0.15, 0.2) is 18.2 Å². The first kappa shape index (κ1) is 10.7. The summed E-state index contributed by atoms with van der Waals surface area (Å²) in [5.41, 5.74) is 0. The van der Waals surface area contributed by atoms with E-state index in [1.54, 1.807) is 6.07 Å². The molecule has 0 unspecified atom stereocenters. The van der Waals surface area contributed by atoms with Crippen LogP contribution in [0.2, 0.25) is 5.15 Å². The lowest BCUT2D eigenvalue weighted by Gasteiger charge is -2.34.